The Balaban J connectivity index is 2.99. The molecule has 2 nitrogen and oxygen atoms in total. The second-order valence-corrected chi connectivity index (χ2v) is 4.36. The molecule has 0 atom stereocenters. The summed E-state index contributed by atoms with van der Waals surface area (Å²) in [5.41, 5.74) is 0.898. The predicted molar refractivity (Wildman–Crippen MR) is 57.9 cm³/mol. The summed E-state index contributed by atoms with van der Waals surface area (Å²) in [4.78, 5) is 0. The molecule has 0 aromatic heterocycles. The number of aryl methyl sites for hydroxylation is 1. The van der Waals surface area contributed by atoms with Crippen molar-refractivity contribution in [1.82, 2.24) is 0 Å². The van der Waals surface area contributed by atoms with Crippen molar-refractivity contribution in [3.63, 3.8) is 0 Å². The molecule has 0 aliphatic carbocycles. The normalized spacial score (nSPS) is 11.4. The second kappa shape index (κ2) is 3.91. The van der Waals surface area contributed by atoms with Crippen molar-refractivity contribution < 1.29 is 9.84 Å². The smallest absolute Gasteiger partial charge is 0.126 e. The minimum Gasteiger partial charge on any atom is -0.508 e. The molecular formula is C12H18O2. The van der Waals surface area contributed by atoms with E-state index >= 15 is 0 Å². The van der Waals surface area contributed by atoms with Crippen molar-refractivity contribution in [2.75, 3.05) is 0 Å². The van der Waals surface area contributed by atoms with E-state index in [9.17, 15) is 5.11 Å². The number of rotatable bonds is 2. The molecule has 0 aliphatic rings. The highest BCUT2D eigenvalue weighted by molar-refractivity contribution is 5.40. The highest BCUT2D eigenvalue weighted by Crippen LogP contribution is 2.27. The van der Waals surface area contributed by atoms with Crippen LogP contribution in [0, 0.1) is 0 Å². The van der Waals surface area contributed by atoms with Crippen molar-refractivity contribution in [2.24, 2.45) is 0 Å². The number of aromatic hydroxyl groups is 1. The molecular weight excluding hydrogens is 176 g/mol. The lowest BCUT2D eigenvalue weighted by molar-refractivity contribution is 0.129. The quantitative estimate of drug-likeness (QED) is 0.783. The first-order valence-corrected chi connectivity index (χ1v) is 4.93. The summed E-state index contributed by atoms with van der Waals surface area (Å²) in [6.07, 6.45) is 0.908. The first-order chi connectivity index (χ1) is 6.42. The van der Waals surface area contributed by atoms with Crippen molar-refractivity contribution in [3.8, 4) is 11.5 Å². The van der Waals surface area contributed by atoms with Crippen LogP contribution in [0.15, 0.2) is 18.2 Å². The Labute approximate surface area is 85.5 Å². The third kappa shape index (κ3) is 2.95. The molecule has 1 aromatic rings. The third-order valence-electron chi connectivity index (χ3n) is 1.85. The van der Waals surface area contributed by atoms with Crippen LogP contribution in [0.3, 0.4) is 0 Å². The summed E-state index contributed by atoms with van der Waals surface area (Å²) in [6, 6.07) is 5.26. The molecule has 14 heavy (non-hydrogen) atoms. The minimum absolute atomic E-state index is 0.224. The molecule has 78 valence electrons. The van der Waals surface area contributed by atoms with Gasteiger partial charge in [-0.3, -0.25) is 0 Å². The van der Waals surface area contributed by atoms with E-state index in [0.29, 0.717) is 0 Å². The molecule has 1 N–H and O–H groups in total. The van der Waals surface area contributed by atoms with E-state index in [0.717, 1.165) is 17.7 Å². The van der Waals surface area contributed by atoms with Gasteiger partial charge in [0.25, 0.3) is 0 Å². The van der Waals surface area contributed by atoms with Crippen LogP contribution in [0.25, 0.3) is 0 Å². The van der Waals surface area contributed by atoms with Crippen molar-refractivity contribution in [3.05, 3.63) is 23.8 Å². The highest BCUT2D eigenvalue weighted by Gasteiger charge is 2.14. The van der Waals surface area contributed by atoms with Gasteiger partial charge in [0.15, 0.2) is 0 Å². The standard InChI is InChI=1S/C12H18O2/c1-5-9-6-7-10(13)8-11(9)14-12(2,3)4/h6-8,13H,5H2,1-4H3. The van der Waals surface area contributed by atoms with Gasteiger partial charge in [-0.15, -0.1) is 0 Å². The molecule has 0 bridgehead atoms. The van der Waals surface area contributed by atoms with Crippen LogP contribution in [-0.2, 0) is 6.42 Å². The number of hydrogen-bond donors (Lipinski definition) is 1. The Bertz CT molecular complexity index is 311. The van der Waals surface area contributed by atoms with Crippen molar-refractivity contribution >= 4 is 0 Å². The van der Waals surface area contributed by atoms with Gasteiger partial charge >= 0.3 is 0 Å². The Morgan fingerprint density at radius 3 is 2.43 bits per heavy atom. The average Bonchev–Trinajstić information content (AvgIpc) is 2.01. The van der Waals surface area contributed by atoms with Crippen LogP contribution in [0.4, 0.5) is 0 Å². The van der Waals surface area contributed by atoms with E-state index < -0.39 is 0 Å². The lowest BCUT2D eigenvalue weighted by Crippen LogP contribution is -2.23. The van der Waals surface area contributed by atoms with Crippen LogP contribution < -0.4 is 4.74 Å². The topological polar surface area (TPSA) is 29.5 Å². The van der Waals surface area contributed by atoms with Crippen molar-refractivity contribution in [2.45, 2.75) is 39.7 Å². The maximum absolute atomic E-state index is 9.35. The summed E-state index contributed by atoms with van der Waals surface area (Å²) in [7, 11) is 0. The van der Waals surface area contributed by atoms with Crippen LogP contribution in [0.1, 0.15) is 33.3 Å². The molecule has 0 radical (unpaired) electrons. The SMILES string of the molecule is CCc1ccc(O)cc1OC(C)(C)C. The molecule has 0 aliphatic heterocycles. The highest BCUT2D eigenvalue weighted by atomic mass is 16.5. The van der Waals surface area contributed by atoms with E-state index in [4.69, 9.17) is 4.74 Å². The monoisotopic (exact) mass is 194 g/mol. The number of ether oxygens (including phenoxy) is 1. The van der Waals surface area contributed by atoms with Gasteiger partial charge in [-0.25, -0.2) is 0 Å². The molecule has 0 heterocycles. The summed E-state index contributed by atoms with van der Waals surface area (Å²) in [5, 5.41) is 9.35. The lowest BCUT2D eigenvalue weighted by atomic mass is 10.1. The number of benzene rings is 1. The third-order valence-corrected chi connectivity index (χ3v) is 1.85. The van der Waals surface area contributed by atoms with E-state index in [1.165, 1.54) is 0 Å². The van der Waals surface area contributed by atoms with Crippen LogP contribution in [-0.4, -0.2) is 10.7 Å². The van der Waals surface area contributed by atoms with E-state index in [-0.39, 0.29) is 11.4 Å². The van der Waals surface area contributed by atoms with E-state index in [1.807, 2.05) is 26.8 Å². The maximum atomic E-state index is 9.35. The first-order valence-electron chi connectivity index (χ1n) is 4.93. The molecule has 0 saturated heterocycles. The zero-order chi connectivity index (χ0) is 10.8. The van der Waals surface area contributed by atoms with Gasteiger partial charge < -0.3 is 9.84 Å². The lowest BCUT2D eigenvalue weighted by Gasteiger charge is -2.23. The Kier molecular flexibility index (Phi) is 3.04. The number of phenols is 1. The first kappa shape index (κ1) is 10.9. The van der Waals surface area contributed by atoms with Crippen molar-refractivity contribution in [1.29, 1.82) is 0 Å². The molecule has 2 heteroatoms. The molecule has 1 aromatic carbocycles. The van der Waals surface area contributed by atoms with Gasteiger partial charge in [0, 0.05) is 6.07 Å². The van der Waals surface area contributed by atoms with Crippen LogP contribution in [0.2, 0.25) is 0 Å². The zero-order valence-corrected chi connectivity index (χ0v) is 9.29. The van der Waals surface area contributed by atoms with Gasteiger partial charge in [-0.05, 0) is 38.8 Å². The van der Waals surface area contributed by atoms with Gasteiger partial charge in [0.05, 0.1) is 0 Å². The fourth-order valence-electron chi connectivity index (χ4n) is 1.26. The maximum Gasteiger partial charge on any atom is 0.126 e. The molecule has 0 unspecified atom stereocenters. The Morgan fingerprint density at radius 2 is 1.93 bits per heavy atom. The molecule has 1 rings (SSSR count). The molecule has 0 spiro atoms. The van der Waals surface area contributed by atoms with E-state index in [2.05, 4.69) is 6.92 Å². The Hall–Kier alpha value is -1.18. The predicted octanol–water partition coefficient (Wildman–Crippen LogP) is 3.13. The minimum atomic E-state index is -0.224. The molecule has 0 amide bonds. The number of phenolic OH excluding ortho intramolecular Hbond substituents is 1. The van der Waals surface area contributed by atoms with Gasteiger partial charge in [-0.2, -0.15) is 0 Å². The fourth-order valence-corrected chi connectivity index (χ4v) is 1.26. The van der Waals surface area contributed by atoms with Gasteiger partial charge in [-0.1, -0.05) is 13.0 Å². The Morgan fingerprint density at radius 1 is 1.29 bits per heavy atom. The van der Waals surface area contributed by atoms with Gasteiger partial charge in [0.2, 0.25) is 0 Å². The summed E-state index contributed by atoms with van der Waals surface area (Å²) >= 11 is 0. The largest absolute Gasteiger partial charge is 0.508 e. The summed E-state index contributed by atoms with van der Waals surface area (Å²) < 4.78 is 5.74. The fraction of sp³-hybridized carbons (Fsp3) is 0.500. The van der Waals surface area contributed by atoms with Crippen LogP contribution >= 0.6 is 0 Å². The molecule has 0 fully saturated rings. The van der Waals surface area contributed by atoms with E-state index in [1.54, 1.807) is 12.1 Å². The summed E-state index contributed by atoms with van der Waals surface area (Å²) in [6.45, 7) is 8.06. The van der Waals surface area contributed by atoms with Crippen LogP contribution in [0.5, 0.6) is 11.5 Å². The summed E-state index contributed by atoms with van der Waals surface area (Å²) in [5.74, 6) is 1.03. The van der Waals surface area contributed by atoms with Gasteiger partial charge in [0.1, 0.15) is 17.1 Å². The zero-order valence-electron chi connectivity index (χ0n) is 9.29. The molecule has 0 saturated carbocycles. The number of hydrogen-bond acceptors (Lipinski definition) is 2. The average molecular weight is 194 g/mol. The second-order valence-electron chi connectivity index (χ2n) is 4.36.